The van der Waals surface area contributed by atoms with Crippen molar-refractivity contribution in [3.05, 3.63) is 26.2 Å². The Hall–Kier alpha value is -1.01. The average molecular weight is 360 g/mol. The van der Waals surface area contributed by atoms with Crippen LogP contribution < -0.4 is 4.74 Å². The van der Waals surface area contributed by atoms with Crippen molar-refractivity contribution < 1.29 is 14.3 Å². The van der Waals surface area contributed by atoms with Gasteiger partial charge in [-0.2, -0.15) is 0 Å². The first-order chi connectivity index (χ1) is 9.49. The summed E-state index contributed by atoms with van der Waals surface area (Å²) in [6, 6.07) is 0. The fourth-order valence-electron chi connectivity index (χ4n) is 2.29. The fourth-order valence-corrected chi connectivity index (χ4v) is 3.93. The Balaban J connectivity index is 2.29. The first kappa shape index (κ1) is 15.4. The van der Waals surface area contributed by atoms with E-state index in [0.29, 0.717) is 10.6 Å². The van der Waals surface area contributed by atoms with Crippen LogP contribution in [-0.2, 0) is 4.74 Å². The zero-order chi connectivity index (χ0) is 14.9. The van der Waals surface area contributed by atoms with Crippen LogP contribution in [0, 0.1) is 0 Å². The van der Waals surface area contributed by atoms with Crippen molar-refractivity contribution in [1.82, 2.24) is 4.90 Å². The molecule has 0 bridgehead atoms. The van der Waals surface area contributed by atoms with E-state index < -0.39 is 0 Å². The lowest BCUT2D eigenvalue weighted by Gasteiger charge is -2.18. The molecule has 110 valence electrons. The molecule has 2 heterocycles. The van der Waals surface area contributed by atoms with E-state index in [4.69, 9.17) is 9.47 Å². The van der Waals surface area contributed by atoms with Crippen LogP contribution >= 0.6 is 27.3 Å². The lowest BCUT2D eigenvalue weighted by Crippen LogP contribution is -2.26. The zero-order valence-corrected chi connectivity index (χ0v) is 14.4. The summed E-state index contributed by atoms with van der Waals surface area (Å²) >= 11 is 4.77. The van der Waals surface area contributed by atoms with Crippen LogP contribution in [0.1, 0.15) is 36.4 Å². The Bertz CT molecular complexity index is 553. The monoisotopic (exact) mass is 359 g/mol. The van der Waals surface area contributed by atoms with Gasteiger partial charge in [0.15, 0.2) is 5.75 Å². The molecule has 0 spiro atoms. The molecule has 0 aromatic carbocycles. The highest BCUT2D eigenvalue weighted by atomic mass is 79.9. The van der Waals surface area contributed by atoms with Gasteiger partial charge in [0.25, 0.3) is 5.91 Å². The van der Waals surface area contributed by atoms with Gasteiger partial charge >= 0.3 is 0 Å². The van der Waals surface area contributed by atoms with Crippen molar-refractivity contribution in [1.29, 1.82) is 0 Å². The quantitative estimate of drug-likeness (QED) is 0.814. The number of hydrogen-bond acceptors (Lipinski definition) is 4. The summed E-state index contributed by atoms with van der Waals surface area (Å²) in [4.78, 5) is 14.9. The summed E-state index contributed by atoms with van der Waals surface area (Å²) in [6.45, 7) is 4.05. The van der Waals surface area contributed by atoms with Crippen molar-refractivity contribution in [3.8, 4) is 5.75 Å². The van der Waals surface area contributed by atoms with Gasteiger partial charge in [-0.05, 0) is 22.9 Å². The number of nitrogens with zero attached hydrogens (tertiary/aromatic N) is 1. The number of hydrogen-bond donors (Lipinski definition) is 0. The lowest BCUT2D eigenvalue weighted by molar-refractivity contribution is 0.0833. The number of methoxy groups -OCH3 is 1. The van der Waals surface area contributed by atoms with Gasteiger partial charge in [0.1, 0.15) is 16.7 Å². The second kappa shape index (κ2) is 6.18. The third kappa shape index (κ3) is 2.72. The lowest BCUT2D eigenvalue weighted by atomic mass is 10.2. The maximum Gasteiger partial charge on any atom is 0.271 e. The Morgan fingerprint density at radius 1 is 1.65 bits per heavy atom. The minimum Gasteiger partial charge on any atom is -0.494 e. The molecule has 20 heavy (non-hydrogen) atoms. The van der Waals surface area contributed by atoms with Crippen LogP contribution in [0.15, 0.2) is 21.3 Å². The SMILES string of the molecule is CCC1=C(N(C)C(=O)c2scc(Br)c2OC)CC(C)O1. The van der Waals surface area contributed by atoms with Crippen molar-refractivity contribution in [2.24, 2.45) is 0 Å². The van der Waals surface area contributed by atoms with Crippen LogP contribution in [0.5, 0.6) is 5.75 Å². The molecule has 1 amide bonds. The van der Waals surface area contributed by atoms with Gasteiger partial charge in [-0.1, -0.05) is 6.92 Å². The minimum absolute atomic E-state index is 0.0591. The van der Waals surface area contributed by atoms with E-state index in [2.05, 4.69) is 15.9 Å². The molecule has 0 aliphatic carbocycles. The number of allylic oxidation sites excluding steroid dienone is 1. The first-order valence-electron chi connectivity index (χ1n) is 6.47. The zero-order valence-electron chi connectivity index (χ0n) is 12.0. The molecule has 0 fully saturated rings. The van der Waals surface area contributed by atoms with Crippen LogP contribution in [0.4, 0.5) is 0 Å². The number of halogens is 1. The van der Waals surface area contributed by atoms with E-state index in [1.807, 2.05) is 19.2 Å². The molecule has 0 saturated heterocycles. The highest BCUT2D eigenvalue weighted by Gasteiger charge is 2.29. The molecule has 0 N–H and O–H groups in total. The Morgan fingerprint density at radius 2 is 2.35 bits per heavy atom. The number of rotatable bonds is 4. The van der Waals surface area contributed by atoms with Gasteiger partial charge in [0.05, 0.1) is 17.3 Å². The maximum atomic E-state index is 12.6. The molecule has 1 aromatic rings. The van der Waals surface area contributed by atoms with E-state index >= 15 is 0 Å². The molecule has 1 atom stereocenters. The summed E-state index contributed by atoms with van der Waals surface area (Å²) in [7, 11) is 3.36. The summed E-state index contributed by atoms with van der Waals surface area (Å²) < 4.78 is 11.8. The van der Waals surface area contributed by atoms with Crippen LogP contribution in [-0.4, -0.2) is 31.1 Å². The second-order valence-corrected chi connectivity index (χ2v) is 6.40. The second-order valence-electron chi connectivity index (χ2n) is 4.67. The third-order valence-electron chi connectivity index (χ3n) is 3.28. The Morgan fingerprint density at radius 3 is 2.95 bits per heavy atom. The number of carbonyl (C=O) groups is 1. The maximum absolute atomic E-state index is 12.6. The molecule has 1 aliphatic rings. The summed E-state index contributed by atoms with van der Waals surface area (Å²) in [5, 5.41) is 1.86. The van der Waals surface area contributed by atoms with Crippen LogP contribution in [0.2, 0.25) is 0 Å². The Labute approximate surface area is 131 Å². The molecule has 1 unspecified atom stereocenters. The average Bonchev–Trinajstić information content (AvgIpc) is 2.99. The Kier molecular flexibility index (Phi) is 4.75. The summed E-state index contributed by atoms with van der Waals surface area (Å²) in [6.07, 6.45) is 1.69. The first-order valence-corrected chi connectivity index (χ1v) is 8.14. The van der Waals surface area contributed by atoms with Gasteiger partial charge in [0.2, 0.25) is 0 Å². The van der Waals surface area contributed by atoms with E-state index in [-0.39, 0.29) is 12.0 Å². The van der Waals surface area contributed by atoms with Gasteiger partial charge in [0, 0.05) is 25.3 Å². The molecule has 1 aromatic heterocycles. The normalized spacial score (nSPS) is 18.1. The van der Waals surface area contributed by atoms with Gasteiger partial charge in [-0.25, -0.2) is 0 Å². The predicted molar refractivity (Wildman–Crippen MR) is 83.1 cm³/mol. The number of thiophene rings is 1. The van der Waals surface area contributed by atoms with Crippen molar-refractivity contribution >= 4 is 33.2 Å². The molecule has 1 aliphatic heterocycles. The molecule has 0 saturated carbocycles. The van der Waals surface area contributed by atoms with Gasteiger partial charge < -0.3 is 14.4 Å². The standard InChI is InChI=1S/C14H18BrNO3S/c1-5-11-10(6-8(2)19-11)16(3)14(17)13-12(18-4)9(15)7-20-13/h7-8H,5-6H2,1-4H3. The van der Waals surface area contributed by atoms with Crippen LogP contribution in [0.25, 0.3) is 0 Å². The number of ether oxygens (including phenoxy) is 2. The smallest absolute Gasteiger partial charge is 0.271 e. The van der Waals surface area contributed by atoms with Gasteiger partial charge in [-0.15, -0.1) is 11.3 Å². The molecule has 6 heteroatoms. The highest BCUT2D eigenvalue weighted by molar-refractivity contribution is 9.10. The fraction of sp³-hybridized carbons (Fsp3) is 0.500. The predicted octanol–water partition coefficient (Wildman–Crippen LogP) is 4.02. The van der Waals surface area contributed by atoms with E-state index in [9.17, 15) is 4.79 Å². The molecule has 0 radical (unpaired) electrons. The molecular weight excluding hydrogens is 342 g/mol. The molecule has 4 nitrogen and oxygen atoms in total. The van der Waals surface area contributed by atoms with Crippen molar-refractivity contribution in [3.63, 3.8) is 0 Å². The highest BCUT2D eigenvalue weighted by Crippen LogP contribution is 2.37. The summed E-state index contributed by atoms with van der Waals surface area (Å²) in [5.74, 6) is 1.44. The van der Waals surface area contributed by atoms with Crippen molar-refractivity contribution in [2.45, 2.75) is 32.8 Å². The number of carbonyl (C=O) groups excluding carboxylic acids is 1. The number of amides is 1. The van der Waals surface area contributed by atoms with E-state index in [0.717, 1.165) is 28.8 Å². The minimum atomic E-state index is -0.0591. The van der Waals surface area contributed by atoms with Crippen molar-refractivity contribution in [2.75, 3.05) is 14.2 Å². The van der Waals surface area contributed by atoms with E-state index in [1.165, 1.54) is 11.3 Å². The van der Waals surface area contributed by atoms with Gasteiger partial charge in [-0.3, -0.25) is 4.79 Å². The topological polar surface area (TPSA) is 38.8 Å². The van der Waals surface area contributed by atoms with E-state index in [1.54, 1.807) is 19.1 Å². The molecule has 2 rings (SSSR count). The third-order valence-corrected chi connectivity index (χ3v) is 5.12. The largest absolute Gasteiger partial charge is 0.494 e. The van der Waals surface area contributed by atoms with Crippen LogP contribution in [0.3, 0.4) is 0 Å². The summed E-state index contributed by atoms with van der Waals surface area (Å²) in [5.41, 5.74) is 0.969. The molecular formula is C14H18BrNO3S.